The minimum Gasteiger partial charge on any atom is -1.00 e. The summed E-state index contributed by atoms with van der Waals surface area (Å²) in [5, 5.41) is 20.6. The number of phenolic OH excluding ortho intramolecular Hbond substituents is 2. The molecule has 2 atom stereocenters. The Hall–Kier alpha value is -1.74. The molecule has 0 amide bonds. The van der Waals surface area contributed by atoms with Crippen LogP contribution < -0.4 is 42.9 Å². The van der Waals surface area contributed by atoms with Crippen LogP contribution in [0.1, 0.15) is 36.8 Å². The van der Waals surface area contributed by atoms with Gasteiger partial charge in [-0.15, -0.1) is 0 Å². The summed E-state index contributed by atoms with van der Waals surface area (Å²) in [4.78, 5) is 9.68. The minimum absolute atomic E-state index is 0. The molecule has 0 heterocycles. The Bertz CT molecular complexity index is 929. The number of quaternary nitrogens is 2. The van der Waals surface area contributed by atoms with Gasteiger partial charge in [-0.05, 0) is 25.0 Å². The van der Waals surface area contributed by atoms with Crippen molar-refractivity contribution in [3.63, 3.8) is 0 Å². The van der Waals surface area contributed by atoms with Crippen molar-refractivity contribution in [2.75, 3.05) is 42.3 Å². The average molecular weight is 598 g/mol. The molecule has 2 aromatic rings. The summed E-state index contributed by atoms with van der Waals surface area (Å²) in [5.74, 6) is 0.479. The van der Waals surface area contributed by atoms with E-state index < -0.39 is 0 Å². The zero-order valence-electron chi connectivity index (χ0n) is 21.0. The standard InChI is InChI=1S/C26H36N4O2.2BrH/c1-29(2,3)21-11-13-25(31)19(15-21)17-27-23-9-7-8-10-24(23)28-18-20-16-22(30(4,5)6)12-14-26(20)32;;/h11-18,23-24H,7-10H2,1-6H3;2*1H/t23-,24-;;/m0../s1. The number of phenols is 2. The fourth-order valence-electron chi connectivity index (χ4n) is 3.92. The molecule has 0 aliphatic heterocycles. The molecule has 2 aromatic carbocycles. The van der Waals surface area contributed by atoms with Crippen molar-refractivity contribution in [1.82, 2.24) is 8.97 Å². The van der Waals surface area contributed by atoms with Gasteiger partial charge in [-0.1, -0.05) is 12.8 Å². The van der Waals surface area contributed by atoms with Gasteiger partial charge in [-0.2, -0.15) is 0 Å². The molecular weight excluding hydrogens is 560 g/mol. The quantitative estimate of drug-likeness (QED) is 0.310. The Morgan fingerprint density at radius 1 is 0.676 bits per heavy atom. The molecule has 3 rings (SSSR count). The molecule has 2 N–H and O–H groups in total. The number of hydrogen-bond acceptors (Lipinski definition) is 4. The summed E-state index contributed by atoms with van der Waals surface area (Å²) in [7, 11) is 12.6. The van der Waals surface area contributed by atoms with Crippen LogP contribution in [0.5, 0.6) is 11.5 Å². The van der Waals surface area contributed by atoms with E-state index >= 15 is 0 Å². The van der Waals surface area contributed by atoms with Crippen LogP contribution in [0, 0.1) is 0 Å². The predicted octanol–water partition coefficient (Wildman–Crippen LogP) is -1.65. The van der Waals surface area contributed by atoms with Gasteiger partial charge < -0.3 is 44.2 Å². The molecule has 0 unspecified atom stereocenters. The SMILES string of the molecule is C[N+](C)(C)c1ccc(O)c(C=N[C@H]2CCCC[C@@H]2N=Cc2cc([N+](C)(C)C)ccc2O)c1.[Br-].[Br-]. The Labute approximate surface area is 225 Å². The summed E-state index contributed by atoms with van der Waals surface area (Å²) in [5.41, 5.74) is 3.68. The highest BCUT2D eigenvalue weighted by Gasteiger charge is 2.24. The highest BCUT2D eigenvalue weighted by Crippen LogP contribution is 2.28. The predicted molar refractivity (Wildman–Crippen MR) is 137 cm³/mol. The van der Waals surface area contributed by atoms with E-state index in [1.165, 1.54) is 0 Å². The summed E-state index contributed by atoms with van der Waals surface area (Å²) < 4.78 is 1.35. The number of hydrogen-bond donors (Lipinski definition) is 2. The van der Waals surface area contributed by atoms with Crippen LogP contribution in [0.3, 0.4) is 0 Å². The zero-order valence-corrected chi connectivity index (χ0v) is 24.2. The number of nitrogens with zero attached hydrogens (tertiary/aromatic N) is 4. The monoisotopic (exact) mass is 596 g/mol. The van der Waals surface area contributed by atoms with Crippen LogP contribution in [0.15, 0.2) is 46.4 Å². The summed E-state index contributed by atoms with van der Waals surface area (Å²) in [6.07, 6.45) is 7.78. The van der Waals surface area contributed by atoms with Crippen molar-refractivity contribution in [3.05, 3.63) is 47.5 Å². The van der Waals surface area contributed by atoms with E-state index in [9.17, 15) is 10.2 Å². The molecular formula is C26H38Br2N4O2. The Kier molecular flexibility index (Phi) is 10.9. The molecule has 1 aliphatic carbocycles. The smallest absolute Gasteiger partial charge is 0.133 e. The van der Waals surface area contributed by atoms with Crippen molar-refractivity contribution in [2.24, 2.45) is 9.98 Å². The van der Waals surface area contributed by atoms with E-state index in [0.29, 0.717) is 8.97 Å². The van der Waals surface area contributed by atoms with Crippen molar-refractivity contribution in [2.45, 2.75) is 37.8 Å². The lowest BCUT2D eigenvalue weighted by molar-refractivity contribution is -0.001000. The van der Waals surface area contributed by atoms with Crippen molar-refractivity contribution >= 4 is 23.8 Å². The molecule has 6 nitrogen and oxygen atoms in total. The van der Waals surface area contributed by atoms with Crippen LogP contribution in [0.2, 0.25) is 0 Å². The molecule has 1 fully saturated rings. The lowest BCUT2D eigenvalue weighted by atomic mass is 9.91. The highest BCUT2D eigenvalue weighted by molar-refractivity contribution is 5.86. The van der Waals surface area contributed by atoms with Crippen molar-refractivity contribution in [3.8, 4) is 11.5 Å². The lowest BCUT2D eigenvalue weighted by Crippen LogP contribution is -3.00. The van der Waals surface area contributed by atoms with Gasteiger partial charge in [0.1, 0.15) is 22.9 Å². The van der Waals surface area contributed by atoms with Crippen LogP contribution in [0.4, 0.5) is 11.4 Å². The molecule has 188 valence electrons. The third-order valence-corrected chi connectivity index (χ3v) is 6.08. The highest BCUT2D eigenvalue weighted by atomic mass is 79.9. The third kappa shape index (κ3) is 7.90. The first-order chi connectivity index (χ1) is 14.9. The fraction of sp³-hybridized carbons (Fsp3) is 0.462. The maximum Gasteiger partial charge on any atom is 0.133 e. The summed E-state index contributed by atoms with van der Waals surface area (Å²) >= 11 is 0. The molecule has 0 bridgehead atoms. The third-order valence-electron chi connectivity index (χ3n) is 6.08. The van der Waals surface area contributed by atoms with Gasteiger partial charge in [-0.25, -0.2) is 0 Å². The van der Waals surface area contributed by atoms with Crippen LogP contribution in [0.25, 0.3) is 0 Å². The molecule has 1 aliphatic rings. The first-order valence-corrected chi connectivity index (χ1v) is 11.3. The van der Waals surface area contributed by atoms with Gasteiger partial charge in [0.2, 0.25) is 0 Å². The molecule has 34 heavy (non-hydrogen) atoms. The molecule has 1 saturated carbocycles. The number of rotatable bonds is 6. The lowest BCUT2D eigenvalue weighted by Gasteiger charge is -2.26. The summed E-state index contributed by atoms with van der Waals surface area (Å²) in [6, 6.07) is 11.5. The number of benzene rings is 2. The zero-order chi connectivity index (χ0) is 23.5. The molecule has 0 saturated heterocycles. The van der Waals surface area contributed by atoms with Gasteiger partial charge in [-0.3, -0.25) is 19.0 Å². The molecule has 0 spiro atoms. The van der Waals surface area contributed by atoms with E-state index in [-0.39, 0.29) is 57.5 Å². The van der Waals surface area contributed by atoms with E-state index in [1.54, 1.807) is 24.6 Å². The van der Waals surface area contributed by atoms with E-state index in [4.69, 9.17) is 9.98 Å². The number of aliphatic imine (C=N–C) groups is 2. The normalized spacial score (nSPS) is 19.1. The van der Waals surface area contributed by atoms with Crippen LogP contribution in [-0.2, 0) is 0 Å². The maximum atomic E-state index is 10.3. The average Bonchev–Trinajstić information content (AvgIpc) is 2.71. The van der Waals surface area contributed by atoms with E-state index in [1.807, 2.05) is 24.3 Å². The van der Waals surface area contributed by atoms with Crippen molar-refractivity contribution < 1.29 is 44.2 Å². The second kappa shape index (κ2) is 12.3. The Balaban J connectivity index is 0.00000289. The molecule has 0 radical (unpaired) electrons. The number of aromatic hydroxyl groups is 2. The van der Waals surface area contributed by atoms with Gasteiger partial charge in [0, 0.05) is 47.8 Å². The van der Waals surface area contributed by atoms with E-state index in [0.717, 1.165) is 48.2 Å². The Morgan fingerprint density at radius 2 is 1.03 bits per heavy atom. The first-order valence-electron chi connectivity index (χ1n) is 11.3. The second-order valence-corrected chi connectivity index (χ2v) is 10.5. The van der Waals surface area contributed by atoms with Gasteiger partial charge >= 0.3 is 0 Å². The minimum atomic E-state index is 0. The van der Waals surface area contributed by atoms with E-state index in [2.05, 4.69) is 42.3 Å². The molecule has 8 heteroatoms. The van der Waals surface area contributed by atoms with Crippen LogP contribution >= 0.6 is 0 Å². The second-order valence-electron chi connectivity index (χ2n) is 10.5. The Morgan fingerprint density at radius 3 is 1.35 bits per heavy atom. The number of halogens is 2. The van der Waals surface area contributed by atoms with Gasteiger partial charge in [0.25, 0.3) is 0 Å². The topological polar surface area (TPSA) is 65.2 Å². The van der Waals surface area contributed by atoms with Gasteiger partial charge in [0.15, 0.2) is 0 Å². The summed E-state index contributed by atoms with van der Waals surface area (Å²) in [6.45, 7) is 0. The molecule has 0 aromatic heterocycles. The van der Waals surface area contributed by atoms with Gasteiger partial charge in [0.05, 0.1) is 54.4 Å². The van der Waals surface area contributed by atoms with Crippen LogP contribution in [-0.4, -0.2) is 77.0 Å². The maximum absolute atomic E-state index is 10.3. The fourth-order valence-corrected chi connectivity index (χ4v) is 3.92. The largest absolute Gasteiger partial charge is 1.00 e. The first kappa shape index (κ1) is 30.3. The van der Waals surface area contributed by atoms with Crippen molar-refractivity contribution in [1.29, 1.82) is 0 Å².